The molecule has 0 aliphatic rings. The minimum absolute atomic E-state index is 0.0763. The Balaban J connectivity index is 2.13. The van der Waals surface area contributed by atoms with Crippen molar-refractivity contribution in [3.05, 3.63) is 59.1 Å². The molecule has 22 heavy (non-hydrogen) atoms. The SMILES string of the molecule is CO[C@H](CNS(=O)(=O)c1ccc(N)cc1)c1ccccc1Cl. The van der Waals surface area contributed by atoms with E-state index in [1.165, 1.54) is 31.4 Å². The van der Waals surface area contributed by atoms with Crippen LogP contribution in [0.3, 0.4) is 0 Å². The monoisotopic (exact) mass is 340 g/mol. The molecule has 1 atom stereocenters. The highest BCUT2D eigenvalue weighted by atomic mass is 35.5. The molecule has 2 rings (SSSR count). The van der Waals surface area contributed by atoms with Gasteiger partial charge in [-0.2, -0.15) is 0 Å². The fourth-order valence-electron chi connectivity index (χ4n) is 1.97. The number of rotatable bonds is 6. The summed E-state index contributed by atoms with van der Waals surface area (Å²) < 4.78 is 32.3. The zero-order valence-electron chi connectivity index (χ0n) is 12.0. The van der Waals surface area contributed by atoms with Gasteiger partial charge in [-0.3, -0.25) is 0 Å². The molecule has 0 fully saturated rings. The smallest absolute Gasteiger partial charge is 0.240 e. The first-order valence-corrected chi connectivity index (χ1v) is 8.42. The predicted octanol–water partition coefficient (Wildman–Crippen LogP) is 2.59. The third-order valence-corrected chi connectivity index (χ3v) is 4.97. The Labute approximate surface area is 135 Å². The molecule has 5 nitrogen and oxygen atoms in total. The van der Waals surface area contributed by atoms with E-state index in [9.17, 15) is 8.42 Å². The van der Waals surface area contributed by atoms with Crippen molar-refractivity contribution < 1.29 is 13.2 Å². The van der Waals surface area contributed by atoms with Crippen molar-refractivity contribution in [2.45, 2.75) is 11.0 Å². The molecule has 0 saturated carbocycles. The molecule has 7 heteroatoms. The summed E-state index contributed by atoms with van der Waals surface area (Å²) in [6.45, 7) is 0.0763. The maximum Gasteiger partial charge on any atom is 0.240 e. The lowest BCUT2D eigenvalue weighted by Crippen LogP contribution is -2.29. The molecule has 0 unspecified atom stereocenters. The van der Waals surface area contributed by atoms with Gasteiger partial charge in [-0.25, -0.2) is 13.1 Å². The van der Waals surface area contributed by atoms with Crippen molar-refractivity contribution in [3.63, 3.8) is 0 Å². The minimum atomic E-state index is -3.63. The summed E-state index contributed by atoms with van der Waals surface area (Å²) in [5, 5.41) is 0.529. The lowest BCUT2D eigenvalue weighted by molar-refractivity contribution is 0.107. The molecule has 2 aromatic rings. The first-order valence-electron chi connectivity index (χ1n) is 6.56. The Morgan fingerprint density at radius 3 is 2.41 bits per heavy atom. The predicted molar refractivity (Wildman–Crippen MR) is 87.2 cm³/mol. The highest BCUT2D eigenvalue weighted by molar-refractivity contribution is 7.89. The molecule has 3 N–H and O–H groups in total. The third-order valence-electron chi connectivity index (χ3n) is 3.19. The van der Waals surface area contributed by atoms with Crippen LogP contribution in [0, 0.1) is 0 Å². The third kappa shape index (κ3) is 3.98. The summed E-state index contributed by atoms with van der Waals surface area (Å²) in [7, 11) is -2.13. The van der Waals surface area contributed by atoms with E-state index >= 15 is 0 Å². The van der Waals surface area contributed by atoms with Crippen LogP contribution < -0.4 is 10.5 Å². The van der Waals surface area contributed by atoms with Gasteiger partial charge in [0, 0.05) is 29.9 Å². The second-order valence-electron chi connectivity index (χ2n) is 4.67. The number of hydrogen-bond acceptors (Lipinski definition) is 4. The van der Waals surface area contributed by atoms with Gasteiger partial charge >= 0.3 is 0 Å². The van der Waals surface area contributed by atoms with Crippen LogP contribution in [-0.2, 0) is 14.8 Å². The molecule has 0 amide bonds. The van der Waals surface area contributed by atoms with Crippen LogP contribution in [0.5, 0.6) is 0 Å². The highest BCUT2D eigenvalue weighted by Crippen LogP contribution is 2.25. The molecule has 0 bridgehead atoms. The molecule has 118 valence electrons. The number of benzene rings is 2. The number of nitrogens with two attached hydrogens (primary N) is 1. The maximum atomic E-state index is 12.2. The normalized spacial score (nSPS) is 13.0. The fraction of sp³-hybridized carbons (Fsp3) is 0.200. The van der Waals surface area contributed by atoms with Crippen LogP contribution in [0.15, 0.2) is 53.4 Å². The molecule has 0 aliphatic heterocycles. The summed E-state index contributed by atoms with van der Waals surface area (Å²) in [5.41, 5.74) is 6.79. The van der Waals surface area contributed by atoms with E-state index in [1.807, 2.05) is 6.07 Å². The maximum absolute atomic E-state index is 12.2. The number of hydrogen-bond donors (Lipinski definition) is 2. The Kier molecular flexibility index (Phi) is 5.42. The number of ether oxygens (including phenoxy) is 1. The van der Waals surface area contributed by atoms with Crippen molar-refractivity contribution in [3.8, 4) is 0 Å². The summed E-state index contributed by atoms with van der Waals surface area (Å²) in [6, 6.07) is 13.1. The summed E-state index contributed by atoms with van der Waals surface area (Å²) >= 11 is 6.11. The van der Waals surface area contributed by atoms with Crippen LogP contribution in [-0.4, -0.2) is 22.1 Å². The largest absolute Gasteiger partial charge is 0.399 e. The summed E-state index contributed by atoms with van der Waals surface area (Å²) in [4.78, 5) is 0.149. The van der Waals surface area contributed by atoms with Crippen molar-refractivity contribution in [1.29, 1.82) is 0 Å². The lowest BCUT2D eigenvalue weighted by Gasteiger charge is -2.18. The standard InChI is InChI=1S/C15H17ClN2O3S/c1-21-15(13-4-2-3-5-14(13)16)10-18-22(19,20)12-8-6-11(17)7-9-12/h2-9,15,18H,10,17H2,1H3/t15-/m1/s1. The average molecular weight is 341 g/mol. The van der Waals surface area contributed by atoms with Crippen molar-refractivity contribution in [1.82, 2.24) is 4.72 Å². The topological polar surface area (TPSA) is 81.4 Å². The zero-order chi connectivity index (χ0) is 16.2. The van der Waals surface area contributed by atoms with E-state index in [4.69, 9.17) is 22.1 Å². The fourth-order valence-corrected chi connectivity index (χ4v) is 3.26. The number of methoxy groups -OCH3 is 1. The van der Waals surface area contributed by atoms with Gasteiger partial charge in [0.15, 0.2) is 0 Å². The van der Waals surface area contributed by atoms with Gasteiger partial charge in [-0.1, -0.05) is 29.8 Å². The van der Waals surface area contributed by atoms with Gasteiger partial charge in [0.2, 0.25) is 10.0 Å². The number of nitrogens with one attached hydrogen (secondary N) is 1. The van der Waals surface area contributed by atoms with Crippen LogP contribution in [0.2, 0.25) is 5.02 Å². The van der Waals surface area contributed by atoms with Crippen LogP contribution in [0.4, 0.5) is 5.69 Å². The van der Waals surface area contributed by atoms with Crippen molar-refractivity contribution >= 4 is 27.3 Å². The van der Waals surface area contributed by atoms with E-state index < -0.39 is 16.1 Å². The highest BCUT2D eigenvalue weighted by Gasteiger charge is 2.19. The number of anilines is 1. The van der Waals surface area contributed by atoms with E-state index in [-0.39, 0.29) is 11.4 Å². The Morgan fingerprint density at radius 2 is 1.82 bits per heavy atom. The second kappa shape index (κ2) is 7.11. The molecule has 0 heterocycles. The van der Waals surface area contributed by atoms with Crippen LogP contribution in [0.1, 0.15) is 11.7 Å². The molecule has 0 radical (unpaired) electrons. The molecular weight excluding hydrogens is 324 g/mol. The Bertz CT molecular complexity index is 733. The van der Waals surface area contributed by atoms with Gasteiger partial charge < -0.3 is 10.5 Å². The molecular formula is C15H17ClN2O3S. The molecule has 2 aromatic carbocycles. The van der Waals surface area contributed by atoms with E-state index in [2.05, 4.69) is 4.72 Å². The first kappa shape index (κ1) is 16.8. The number of sulfonamides is 1. The van der Waals surface area contributed by atoms with Gasteiger partial charge in [-0.05, 0) is 30.3 Å². The Morgan fingerprint density at radius 1 is 1.18 bits per heavy atom. The summed E-state index contributed by atoms with van der Waals surface area (Å²) in [5.74, 6) is 0. The zero-order valence-corrected chi connectivity index (χ0v) is 13.6. The van der Waals surface area contributed by atoms with Crippen LogP contribution >= 0.6 is 11.6 Å². The first-order chi connectivity index (χ1) is 10.4. The molecule has 0 spiro atoms. The van der Waals surface area contributed by atoms with Gasteiger partial charge in [0.05, 0.1) is 11.0 Å². The van der Waals surface area contributed by atoms with E-state index in [0.717, 1.165) is 5.56 Å². The number of nitrogen functional groups attached to an aromatic ring is 1. The van der Waals surface area contributed by atoms with E-state index in [0.29, 0.717) is 10.7 Å². The minimum Gasteiger partial charge on any atom is -0.399 e. The van der Waals surface area contributed by atoms with Gasteiger partial charge in [0.1, 0.15) is 0 Å². The molecule has 0 saturated heterocycles. The lowest BCUT2D eigenvalue weighted by atomic mass is 10.1. The van der Waals surface area contributed by atoms with E-state index in [1.54, 1.807) is 18.2 Å². The summed E-state index contributed by atoms with van der Waals surface area (Å²) in [6.07, 6.45) is -0.475. The molecule has 0 aromatic heterocycles. The van der Waals surface area contributed by atoms with Crippen LogP contribution in [0.25, 0.3) is 0 Å². The average Bonchev–Trinajstić information content (AvgIpc) is 2.50. The second-order valence-corrected chi connectivity index (χ2v) is 6.84. The van der Waals surface area contributed by atoms with Gasteiger partial charge in [0.25, 0.3) is 0 Å². The van der Waals surface area contributed by atoms with Gasteiger partial charge in [-0.15, -0.1) is 0 Å². The number of halogens is 1. The Hall–Kier alpha value is -1.60. The van der Waals surface area contributed by atoms with Crippen molar-refractivity contribution in [2.75, 3.05) is 19.4 Å². The van der Waals surface area contributed by atoms with Crippen molar-refractivity contribution in [2.24, 2.45) is 0 Å². The quantitative estimate of drug-likeness (QED) is 0.792. The molecule has 0 aliphatic carbocycles.